The van der Waals surface area contributed by atoms with Crippen LogP contribution in [-0.4, -0.2) is 13.0 Å². The molecule has 1 aromatic rings. The van der Waals surface area contributed by atoms with E-state index in [1.165, 1.54) is 12.1 Å². The van der Waals surface area contributed by atoms with Gasteiger partial charge in [-0.1, -0.05) is 6.07 Å². The molecule has 0 saturated carbocycles. The number of nitrogens with one attached hydrogen (secondary N) is 1. The highest BCUT2D eigenvalue weighted by molar-refractivity contribution is 9.10. The van der Waals surface area contributed by atoms with Gasteiger partial charge in [-0.25, -0.2) is 4.39 Å². The summed E-state index contributed by atoms with van der Waals surface area (Å²) < 4.78 is 13.5. The van der Waals surface area contributed by atoms with E-state index < -0.39 is 17.8 Å². The van der Waals surface area contributed by atoms with Gasteiger partial charge in [-0.3, -0.25) is 4.79 Å². The highest BCUT2D eigenvalue weighted by atomic mass is 79.9. The maximum Gasteiger partial charge on any atom is 0.239 e. The van der Waals surface area contributed by atoms with Crippen LogP contribution in [0.3, 0.4) is 0 Å². The molecule has 1 amide bonds. The summed E-state index contributed by atoms with van der Waals surface area (Å²) in [4.78, 5) is 11.0. The molecule has 3 nitrogen and oxygen atoms in total. The van der Waals surface area contributed by atoms with Crippen LogP contribution in [0, 0.1) is 5.82 Å². The number of carbonyl (C=O) groups is 1. The van der Waals surface area contributed by atoms with Crippen molar-refractivity contribution in [2.24, 2.45) is 5.73 Å². The number of likely N-dealkylation sites (N-methyl/N-ethyl adjacent to an activating group) is 1. The molecule has 76 valence electrons. The number of hydrogen-bond acceptors (Lipinski definition) is 2. The third kappa shape index (κ3) is 2.30. The maximum atomic E-state index is 13.1. The molecule has 0 spiro atoms. The third-order valence-corrected chi connectivity index (χ3v) is 2.49. The van der Waals surface area contributed by atoms with Crippen molar-refractivity contribution in [3.8, 4) is 0 Å². The Kier molecular flexibility index (Phi) is 3.60. The van der Waals surface area contributed by atoms with E-state index in [1.807, 2.05) is 0 Å². The lowest BCUT2D eigenvalue weighted by Gasteiger charge is -2.12. The Morgan fingerprint density at radius 1 is 1.64 bits per heavy atom. The fourth-order valence-electron chi connectivity index (χ4n) is 1.17. The highest BCUT2D eigenvalue weighted by Gasteiger charge is 2.16. The summed E-state index contributed by atoms with van der Waals surface area (Å²) in [7, 11) is 1.59. The van der Waals surface area contributed by atoms with Crippen molar-refractivity contribution in [3.63, 3.8) is 0 Å². The summed E-state index contributed by atoms with van der Waals surface area (Å²) in [6, 6.07) is 3.80. The van der Waals surface area contributed by atoms with Crippen LogP contribution in [0.2, 0.25) is 0 Å². The van der Waals surface area contributed by atoms with Gasteiger partial charge in [0.2, 0.25) is 5.91 Å². The first kappa shape index (κ1) is 11.1. The van der Waals surface area contributed by atoms with Crippen LogP contribution in [-0.2, 0) is 4.79 Å². The van der Waals surface area contributed by atoms with Crippen molar-refractivity contribution in [2.45, 2.75) is 6.04 Å². The second-order valence-electron chi connectivity index (χ2n) is 2.80. The van der Waals surface area contributed by atoms with Crippen LogP contribution < -0.4 is 11.1 Å². The fourth-order valence-corrected chi connectivity index (χ4v) is 1.41. The molecule has 0 heterocycles. The number of amides is 1. The van der Waals surface area contributed by atoms with Crippen LogP contribution in [0.15, 0.2) is 22.7 Å². The predicted molar refractivity (Wildman–Crippen MR) is 55.1 cm³/mol. The molecule has 3 N–H and O–H groups in total. The Morgan fingerprint density at radius 3 is 2.71 bits per heavy atom. The van der Waals surface area contributed by atoms with E-state index >= 15 is 0 Å². The number of benzene rings is 1. The van der Waals surface area contributed by atoms with Crippen molar-refractivity contribution >= 4 is 21.8 Å². The van der Waals surface area contributed by atoms with Gasteiger partial charge in [0.05, 0.1) is 4.47 Å². The molecule has 0 bridgehead atoms. The summed E-state index contributed by atoms with van der Waals surface area (Å²) in [6.45, 7) is 0. The molecule has 0 aliphatic rings. The molecule has 0 fully saturated rings. The number of nitrogens with two attached hydrogens (primary N) is 1. The Bertz CT molecular complexity index is 357. The lowest BCUT2D eigenvalue weighted by molar-refractivity contribution is -0.120. The number of hydrogen-bond donors (Lipinski definition) is 2. The van der Waals surface area contributed by atoms with E-state index in [1.54, 1.807) is 13.1 Å². The molecule has 0 radical (unpaired) electrons. The average Bonchev–Trinajstić information content (AvgIpc) is 2.11. The van der Waals surface area contributed by atoms with Gasteiger partial charge in [-0.15, -0.1) is 0 Å². The van der Waals surface area contributed by atoms with E-state index in [9.17, 15) is 9.18 Å². The van der Waals surface area contributed by atoms with Gasteiger partial charge in [0.1, 0.15) is 11.9 Å². The van der Waals surface area contributed by atoms with Gasteiger partial charge in [-0.2, -0.15) is 0 Å². The molecule has 14 heavy (non-hydrogen) atoms. The quantitative estimate of drug-likeness (QED) is 0.862. The van der Waals surface area contributed by atoms with Gasteiger partial charge in [0.25, 0.3) is 0 Å². The first-order valence-electron chi connectivity index (χ1n) is 3.97. The summed E-state index contributed by atoms with van der Waals surface area (Å²) in [5.74, 6) is -0.946. The molecule has 1 atom stereocenters. The van der Waals surface area contributed by atoms with Gasteiger partial charge in [0.15, 0.2) is 0 Å². The van der Waals surface area contributed by atoms with Gasteiger partial charge >= 0.3 is 0 Å². The topological polar surface area (TPSA) is 55.1 Å². The van der Waals surface area contributed by atoms with Crippen LogP contribution in [0.1, 0.15) is 11.6 Å². The minimum atomic E-state index is -0.655. The Hall–Kier alpha value is -0.940. The lowest BCUT2D eigenvalue weighted by Crippen LogP contribution is -2.31. The Labute approximate surface area is 89.6 Å². The van der Waals surface area contributed by atoms with Crippen LogP contribution in [0.5, 0.6) is 0 Å². The molecule has 0 aliphatic carbocycles. The van der Waals surface area contributed by atoms with Crippen LogP contribution in [0.4, 0.5) is 4.39 Å². The van der Waals surface area contributed by atoms with Crippen molar-refractivity contribution in [1.29, 1.82) is 0 Å². The zero-order valence-electron chi connectivity index (χ0n) is 7.55. The van der Waals surface area contributed by atoms with Crippen LogP contribution >= 0.6 is 15.9 Å². The van der Waals surface area contributed by atoms with E-state index in [-0.39, 0.29) is 0 Å². The van der Waals surface area contributed by atoms with E-state index in [0.29, 0.717) is 10.0 Å². The highest BCUT2D eigenvalue weighted by Crippen LogP contribution is 2.20. The van der Waals surface area contributed by atoms with Crippen molar-refractivity contribution in [3.05, 3.63) is 34.1 Å². The van der Waals surface area contributed by atoms with Crippen molar-refractivity contribution in [1.82, 2.24) is 5.32 Å². The first-order chi connectivity index (χ1) is 6.56. The fraction of sp³-hybridized carbons (Fsp3) is 0.222. The van der Waals surface area contributed by atoms with Crippen molar-refractivity contribution in [2.75, 3.05) is 7.05 Å². The predicted octanol–water partition coefficient (Wildman–Crippen LogP) is 1.33. The van der Waals surface area contributed by atoms with Crippen LogP contribution in [0.25, 0.3) is 0 Å². The zero-order chi connectivity index (χ0) is 10.7. The molecule has 1 rings (SSSR count). The average molecular weight is 261 g/mol. The normalized spacial score (nSPS) is 12.5. The number of carbonyl (C=O) groups excluding carboxylic acids is 1. The smallest absolute Gasteiger partial charge is 0.239 e. The molecule has 5 heteroatoms. The second kappa shape index (κ2) is 4.52. The molecular weight excluding hydrogens is 251 g/mol. The van der Waals surface area contributed by atoms with Gasteiger partial charge < -0.3 is 11.1 Å². The van der Waals surface area contributed by atoms with Crippen molar-refractivity contribution < 1.29 is 9.18 Å². The first-order valence-corrected chi connectivity index (χ1v) is 4.77. The number of primary amides is 1. The Morgan fingerprint density at radius 2 is 2.29 bits per heavy atom. The second-order valence-corrected chi connectivity index (χ2v) is 3.65. The summed E-state index contributed by atoms with van der Waals surface area (Å²) >= 11 is 3.03. The SMILES string of the molecule is CNC(C(N)=O)c1ccc(Br)c(F)c1. The summed E-state index contributed by atoms with van der Waals surface area (Å²) in [6.07, 6.45) is 0. The number of halogens is 2. The monoisotopic (exact) mass is 260 g/mol. The largest absolute Gasteiger partial charge is 0.368 e. The zero-order valence-corrected chi connectivity index (χ0v) is 9.14. The molecule has 1 unspecified atom stereocenters. The third-order valence-electron chi connectivity index (χ3n) is 1.85. The molecule has 0 aliphatic heterocycles. The summed E-state index contributed by atoms with van der Waals surface area (Å²) in [5.41, 5.74) is 5.65. The molecule has 1 aromatic carbocycles. The maximum absolute atomic E-state index is 13.1. The minimum Gasteiger partial charge on any atom is -0.368 e. The lowest BCUT2D eigenvalue weighted by atomic mass is 10.1. The Balaban J connectivity index is 3.06. The van der Waals surface area contributed by atoms with Gasteiger partial charge in [0, 0.05) is 0 Å². The van der Waals surface area contributed by atoms with Gasteiger partial charge in [-0.05, 0) is 40.7 Å². The van der Waals surface area contributed by atoms with E-state index in [2.05, 4.69) is 21.2 Å². The summed E-state index contributed by atoms with van der Waals surface area (Å²) in [5, 5.41) is 2.71. The van der Waals surface area contributed by atoms with E-state index in [0.717, 1.165) is 0 Å². The minimum absolute atomic E-state index is 0.362. The standard InChI is InChI=1S/C9H10BrFN2O/c1-13-8(9(12)14)5-2-3-6(10)7(11)4-5/h2-4,8,13H,1H3,(H2,12,14). The molecular formula is C9H10BrFN2O. The van der Waals surface area contributed by atoms with E-state index in [4.69, 9.17) is 5.73 Å². The number of rotatable bonds is 3. The molecule has 0 aromatic heterocycles. The molecule has 0 saturated heterocycles.